The number of likely N-dealkylation sites (N-methyl/N-ethyl adjacent to an activating group) is 1. The fourth-order valence-electron chi connectivity index (χ4n) is 4.67. The normalized spacial score (nSPS) is 20.2. The van der Waals surface area contributed by atoms with Crippen LogP contribution in [0.1, 0.15) is 40.5 Å². The molecule has 0 N–H and O–H groups in total. The van der Waals surface area contributed by atoms with Crippen molar-refractivity contribution in [2.75, 3.05) is 38.1 Å². The fourth-order valence-corrected chi connectivity index (χ4v) is 4.67. The summed E-state index contributed by atoms with van der Waals surface area (Å²) < 4.78 is 12.2. The first kappa shape index (κ1) is 26.2. The average Bonchev–Trinajstić information content (AvgIpc) is 3.24. The van der Waals surface area contributed by atoms with E-state index in [9.17, 15) is 14.4 Å². The molecular weight excluding hydrogens is 478 g/mol. The second-order valence-corrected chi connectivity index (χ2v) is 10.6. The number of carbonyl (C=O) groups is 3. The molecule has 0 spiro atoms. The van der Waals surface area contributed by atoms with Gasteiger partial charge in [-0.05, 0) is 39.2 Å². The molecule has 0 aromatic carbocycles. The summed E-state index contributed by atoms with van der Waals surface area (Å²) in [6.45, 7) is 9.17. The highest BCUT2D eigenvalue weighted by Gasteiger charge is 2.37. The summed E-state index contributed by atoms with van der Waals surface area (Å²) in [5, 5.41) is 9.58. The molecule has 0 unspecified atom stereocenters. The topological polar surface area (TPSA) is 134 Å². The Morgan fingerprint density at radius 2 is 1.89 bits per heavy atom. The molecule has 2 aromatic rings. The third kappa shape index (κ3) is 5.60. The molecule has 198 valence electrons. The van der Waals surface area contributed by atoms with Gasteiger partial charge in [-0.15, -0.1) is 0 Å². The van der Waals surface area contributed by atoms with Gasteiger partial charge in [0, 0.05) is 26.3 Å². The number of carbonyl (C=O) groups excluding carboxylic acids is 3. The molecule has 2 aliphatic rings. The number of hydrogen-bond donors (Lipinski definition) is 0. The van der Waals surface area contributed by atoms with Crippen molar-refractivity contribution < 1.29 is 23.9 Å². The van der Waals surface area contributed by atoms with Crippen LogP contribution in [0.4, 0.5) is 15.4 Å². The summed E-state index contributed by atoms with van der Waals surface area (Å²) in [5.74, 6) is 0.762. The maximum absolute atomic E-state index is 12.9. The van der Waals surface area contributed by atoms with Gasteiger partial charge in [0.1, 0.15) is 30.3 Å². The van der Waals surface area contributed by atoms with E-state index in [0.717, 1.165) is 6.42 Å². The molecule has 2 aliphatic heterocycles. The molecule has 2 aromatic heterocycles. The largest absolute Gasteiger partial charge is 0.444 e. The maximum atomic E-state index is 12.9. The van der Waals surface area contributed by atoms with E-state index in [-0.39, 0.29) is 31.5 Å². The third-order valence-electron chi connectivity index (χ3n) is 6.76. The summed E-state index contributed by atoms with van der Waals surface area (Å²) in [6, 6.07) is 3.68. The number of nitrogens with zero attached hydrogens (tertiary/aromatic N) is 7. The zero-order chi connectivity index (χ0) is 26.9. The monoisotopic (exact) mass is 511 g/mol. The molecule has 12 nitrogen and oxygen atoms in total. The minimum absolute atomic E-state index is 0.0152. The van der Waals surface area contributed by atoms with Gasteiger partial charge in [0.25, 0.3) is 0 Å². The zero-order valence-electron chi connectivity index (χ0n) is 21.9. The summed E-state index contributed by atoms with van der Waals surface area (Å²) >= 11 is 0. The van der Waals surface area contributed by atoms with E-state index in [1.807, 2.05) is 18.0 Å². The van der Waals surface area contributed by atoms with E-state index in [4.69, 9.17) is 14.7 Å². The van der Waals surface area contributed by atoms with Gasteiger partial charge in [-0.25, -0.2) is 24.1 Å². The minimum atomic E-state index is -0.590. The highest BCUT2D eigenvalue weighted by Crippen LogP contribution is 2.30. The molecule has 4 rings (SSSR count). The Morgan fingerprint density at radius 1 is 1.16 bits per heavy atom. The smallest absolute Gasteiger partial charge is 0.420 e. The van der Waals surface area contributed by atoms with Gasteiger partial charge < -0.3 is 24.2 Å². The Labute approximate surface area is 215 Å². The van der Waals surface area contributed by atoms with Gasteiger partial charge in [-0.1, -0.05) is 6.92 Å². The second-order valence-electron chi connectivity index (χ2n) is 10.6. The van der Waals surface area contributed by atoms with Crippen LogP contribution >= 0.6 is 0 Å². The second kappa shape index (κ2) is 10.2. The molecule has 0 aliphatic carbocycles. The van der Waals surface area contributed by atoms with Crippen LogP contribution in [-0.2, 0) is 14.3 Å². The first-order valence-electron chi connectivity index (χ1n) is 12.4. The summed E-state index contributed by atoms with van der Waals surface area (Å²) in [5.41, 5.74) is -0.182. The van der Waals surface area contributed by atoms with E-state index >= 15 is 0 Å². The van der Waals surface area contributed by atoms with Crippen LogP contribution in [0.3, 0.4) is 0 Å². The number of ether oxygens (including phenoxy) is 2. The first-order valence-corrected chi connectivity index (χ1v) is 12.4. The van der Waals surface area contributed by atoms with Gasteiger partial charge in [0.05, 0.1) is 30.6 Å². The quantitative estimate of drug-likeness (QED) is 0.607. The van der Waals surface area contributed by atoms with E-state index in [1.165, 1.54) is 15.8 Å². The van der Waals surface area contributed by atoms with Crippen molar-refractivity contribution in [1.29, 1.82) is 5.26 Å². The Morgan fingerprint density at radius 3 is 2.57 bits per heavy atom. The molecular formula is C25H33N7O5. The fraction of sp³-hybridized carbons (Fsp3) is 0.600. The average molecular weight is 512 g/mol. The number of rotatable bonds is 4. The SMILES string of the molecule is C[C@@H]1CCN(C(=O)CC#N)C[C@@H]1N(C)c1ncnc2c1ccn2C(=O)OC1CN(C(=O)OC(C)(C)C)C1. The lowest BCUT2D eigenvalue weighted by Crippen LogP contribution is -2.56. The number of amides is 2. The highest BCUT2D eigenvalue weighted by molar-refractivity contribution is 5.93. The van der Waals surface area contributed by atoms with E-state index in [1.54, 1.807) is 37.9 Å². The van der Waals surface area contributed by atoms with Crippen LogP contribution in [0.5, 0.6) is 0 Å². The molecule has 0 bridgehead atoms. The first-order chi connectivity index (χ1) is 17.5. The molecule has 0 radical (unpaired) electrons. The van der Waals surface area contributed by atoms with Crippen molar-refractivity contribution in [1.82, 2.24) is 24.3 Å². The van der Waals surface area contributed by atoms with E-state index < -0.39 is 23.9 Å². The number of fused-ring (bicyclic) bond motifs is 1. The van der Waals surface area contributed by atoms with Gasteiger partial charge in [-0.3, -0.25) is 4.79 Å². The van der Waals surface area contributed by atoms with Crippen LogP contribution in [0.2, 0.25) is 0 Å². The number of aromatic nitrogens is 3. The summed E-state index contributed by atoms with van der Waals surface area (Å²) in [6.07, 6.45) is 2.22. The lowest BCUT2D eigenvalue weighted by Gasteiger charge is -2.42. The van der Waals surface area contributed by atoms with Crippen molar-refractivity contribution in [2.45, 2.75) is 58.3 Å². The summed E-state index contributed by atoms with van der Waals surface area (Å²) in [4.78, 5) is 51.4. The highest BCUT2D eigenvalue weighted by atomic mass is 16.6. The standard InChI is InChI=1S/C25H33N7O5/c1-16-7-10-30(20(33)6-9-26)14-19(16)29(5)21-18-8-11-32(22(18)28-15-27-21)24(35)36-17-12-31(13-17)23(34)37-25(2,3)4/h8,11,15-17,19H,6-7,10,12-14H2,1-5H3/t16-,19+/m1/s1. The van der Waals surface area contributed by atoms with Crippen molar-refractivity contribution >= 4 is 34.9 Å². The van der Waals surface area contributed by atoms with Crippen molar-refractivity contribution in [3.63, 3.8) is 0 Å². The molecule has 2 fully saturated rings. The predicted molar refractivity (Wildman–Crippen MR) is 134 cm³/mol. The van der Waals surface area contributed by atoms with Gasteiger partial charge in [-0.2, -0.15) is 5.26 Å². The van der Waals surface area contributed by atoms with Gasteiger partial charge in [0.15, 0.2) is 5.65 Å². The van der Waals surface area contributed by atoms with Crippen LogP contribution < -0.4 is 4.90 Å². The molecule has 2 atom stereocenters. The van der Waals surface area contributed by atoms with Crippen molar-refractivity contribution in [3.05, 3.63) is 18.6 Å². The Hall–Kier alpha value is -3.88. The molecule has 2 amide bonds. The van der Waals surface area contributed by atoms with Crippen LogP contribution in [0, 0.1) is 17.2 Å². The number of nitriles is 1. The Bertz CT molecular complexity index is 1220. The number of likely N-dealkylation sites (tertiary alicyclic amines) is 2. The van der Waals surface area contributed by atoms with Crippen molar-refractivity contribution in [2.24, 2.45) is 5.92 Å². The summed E-state index contributed by atoms with van der Waals surface area (Å²) in [7, 11) is 1.91. The van der Waals surface area contributed by atoms with E-state index in [2.05, 4.69) is 16.9 Å². The minimum Gasteiger partial charge on any atom is -0.444 e. The van der Waals surface area contributed by atoms with Crippen LogP contribution in [0.25, 0.3) is 11.0 Å². The van der Waals surface area contributed by atoms with Crippen molar-refractivity contribution in [3.8, 4) is 6.07 Å². The Kier molecular flexibility index (Phi) is 7.25. The van der Waals surface area contributed by atoms with Gasteiger partial charge in [0.2, 0.25) is 5.91 Å². The molecule has 12 heteroatoms. The lowest BCUT2D eigenvalue weighted by molar-refractivity contribution is -0.131. The van der Waals surface area contributed by atoms with Gasteiger partial charge >= 0.3 is 12.2 Å². The van der Waals surface area contributed by atoms with Crippen LogP contribution in [0.15, 0.2) is 18.6 Å². The molecule has 2 saturated heterocycles. The van der Waals surface area contributed by atoms with E-state index in [0.29, 0.717) is 35.9 Å². The molecule has 37 heavy (non-hydrogen) atoms. The third-order valence-corrected chi connectivity index (χ3v) is 6.76. The number of hydrogen-bond acceptors (Lipinski definition) is 9. The Balaban J connectivity index is 1.44. The lowest BCUT2D eigenvalue weighted by atomic mass is 9.92. The molecule has 0 saturated carbocycles. The van der Waals surface area contributed by atoms with Crippen LogP contribution in [-0.4, -0.2) is 93.4 Å². The molecule has 4 heterocycles. The predicted octanol–water partition coefficient (Wildman–Crippen LogP) is 2.62. The maximum Gasteiger partial charge on any atom is 0.420 e. The zero-order valence-corrected chi connectivity index (χ0v) is 21.9. The number of piperidine rings is 1. The number of anilines is 1.